The standard InChI is InChI=1S/C22H21FN2O4S/c1-2-29-18-14-12-17(13-15-18)24-22(26)16-25(21-11-7-6-10-20(21)23)30(27,28)19-8-4-3-5-9-19/h3-15H,2,16H2,1H3,(H,24,26). The first-order valence-corrected chi connectivity index (χ1v) is 10.7. The third-order valence-corrected chi connectivity index (χ3v) is 5.96. The van der Waals surface area contributed by atoms with Crippen LogP contribution in [0.1, 0.15) is 6.92 Å². The Labute approximate surface area is 175 Å². The molecule has 0 unspecified atom stereocenters. The molecule has 3 rings (SSSR count). The van der Waals surface area contributed by atoms with E-state index in [1.165, 1.54) is 30.3 Å². The maximum Gasteiger partial charge on any atom is 0.264 e. The molecule has 0 bridgehead atoms. The van der Waals surface area contributed by atoms with Gasteiger partial charge in [-0.05, 0) is 55.5 Å². The van der Waals surface area contributed by atoms with Crippen molar-refractivity contribution in [3.05, 3.63) is 84.7 Å². The maximum atomic E-state index is 14.4. The van der Waals surface area contributed by atoms with Gasteiger partial charge in [-0.1, -0.05) is 30.3 Å². The average Bonchev–Trinajstić information content (AvgIpc) is 2.75. The second-order valence-electron chi connectivity index (χ2n) is 6.28. The summed E-state index contributed by atoms with van der Waals surface area (Å²) >= 11 is 0. The quantitative estimate of drug-likeness (QED) is 0.587. The van der Waals surface area contributed by atoms with Crippen molar-refractivity contribution >= 4 is 27.3 Å². The molecule has 0 heterocycles. The summed E-state index contributed by atoms with van der Waals surface area (Å²) in [6.45, 7) is 1.78. The van der Waals surface area contributed by atoms with Gasteiger partial charge in [0.15, 0.2) is 0 Å². The number of para-hydroxylation sites is 1. The Morgan fingerprint density at radius 3 is 2.23 bits per heavy atom. The minimum Gasteiger partial charge on any atom is -0.494 e. The lowest BCUT2D eigenvalue weighted by Gasteiger charge is -2.24. The second-order valence-corrected chi connectivity index (χ2v) is 8.14. The summed E-state index contributed by atoms with van der Waals surface area (Å²) in [5.74, 6) is -0.706. The number of carbonyl (C=O) groups is 1. The summed E-state index contributed by atoms with van der Waals surface area (Å²) < 4.78 is 46.9. The van der Waals surface area contributed by atoms with Crippen molar-refractivity contribution in [2.24, 2.45) is 0 Å². The van der Waals surface area contributed by atoms with Crippen LogP contribution in [0.4, 0.5) is 15.8 Å². The highest BCUT2D eigenvalue weighted by Crippen LogP contribution is 2.26. The molecule has 0 aliphatic carbocycles. The zero-order chi connectivity index (χ0) is 21.6. The number of rotatable bonds is 8. The van der Waals surface area contributed by atoms with Crippen LogP contribution in [0.2, 0.25) is 0 Å². The normalized spacial score (nSPS) is 11.0. The van der Waals surface area contributed by atoms with Gasteiger partial charge in [0.25, 0.3) is 10.0 Å². The molecule has 3 aromatic rings. The molecule has 0 saturated carbocycles. The van der Waals surface area contributed by atoms with Crippen molar-refractivity contribution in [2.45, 2.75) is 11.8 Å². The van der Waals surface area contributed by atoms with E-state index < -0.39 is 28.3 Å². The van der Waals surface area contributed by atoms with Crippen LogP contribution in [-0.4, -0.2) is 27.5 Å². The lowest BCUT2D eigenvalue weighted by atomic mass is 10.3. The van der Waals surface area contributed by atoms with Gasteiger partial charge in [-0.3, -0.25) is 9.10 Å². The summed E-state index contributed by atoms with van der Waals surface area (Å²) in [6.07, 6.45) is 0. The number of hydrogen-bond donors (Lipinski definition) is 1. The molecule has 156 valence electrons. The van der Waals surface area contributed by atoms with Crippen LogP contribution in [0.3, 0.4) is 0 Å². The monoisotopic (exact) mass is 428 g/mol. The van der Waals surface area contributed by atoms with Crippen molar-refractivity contribution in [3.8, 4) is 5.75 Å². The number of benzene rings is 3. The molecule has 0 radical (unpaired) electrons. The largest absolute Gasteiger partial charge is 0.494 e. The summed E-state index contributed by atoms with van der Waals surface area (Å²) in [5.41, 5.74) is 0.261. The molecule has 0 saturated heterocycles. The molecule has 0 atom stereocenters. The zero-order valence-electron chi connectivity index (χ0n) is 16.3. The van der Waals surface area contributed by atoms with Crippen LogP contribution in [-0.2, 0) is 14.8 Å². The van der Waals surface area contributed by atoms with Gasteiger partial charge in [-0.15, -0.1) is 0 Å². The summed E-state index contributed by atoms with van der Waals surface area (Å²) in [5, 5.41) is 2.63. The molecule has 0 aliphatic heterocycles. The molecular formula is C22H21FN2O4S. The lowest BCUT2D eigenvalue weighted by Crippen LogP contribution is -2.38. The Morgan fingerprint density at radius 2 is 1.60 bits per heavy atom. The van der Waals surface area contributed by atoms with E-state index in [2.05, 4.69) is 5.32 Å². The first-order chi connectivity index (χ1) is 14.4. The molecule has 30 heavy (non-hydrogen) atoms. The summed E-state index contributed by atoms with van der Waals surface area (Å²) in [6, 6.07) is 19.7. The predicted molar refractivity (Wildman–Crippen MR) is 114 cm³/mol. The number of amides is 1. The van der Waals surface area contributed by atoms with Gasteiger partial charge in [-0.2, -0.15) is 0 Å². The number of nitrogens with zero attached hydrogens (tertiary/aromatic N) is 1. The first kappa shape index (κ1) is 21.3. The number of ether oxygens (including phenoxy) is 1. The van der Waals surface area contributed by atoms with Gasteiger partial charge >= 0.3 is 0 Å². The van der Waals surface area contributed by atoms with E-state index in [-0.39, 0.29) is 10.6 Å². The van der Waals surface area contributed by atoms with Crippen LogP contribution in [0, 0.1) is 5.82 Å². The molecule has 0 fully saturated rings. The molecule has 1 N–H and O–H groups in total. The summed E-state index contributed by atoms with van der Waals surface area (Å²) in [7, 11) is -4.17. The highest BCUT2D eigenvalue weighted by atomic mass is 32.2. The third-order valence-electron chi connectivity index (χ3n) is 4.19. The minimum absolute atomic E-state index is 0.0397. The van der Waals surface area contributed by atoms with Crippen LogP contribution in [0.15, 0.2) is 83.8 Å². The van der Waals surface area contributed by atoms with E-state index in [9.17, 15) is 17.6 Å². The topological polar surface area (TPSA) is 75.7 Å². The molecule has 0 aliphatic rings. The SMILES string of the molecule is CCOc1ccc(NC(=O)CN(c2ccccc2F)S(=O)(=O)c2ccccc2)cc1. The van der Waals surface area contributed by atoms with Gasteiger partial charge in [-0.25, -0.2) is 12.8 Å². The van der Waals surface area contributed by atoms with Crippen LogP contribution >= 0.6 is 0 Å². The number of anilines is 2. The Bertz CT molecular complexity index is 1100. The van der Waals surface area contributed by atoms with Crippen LogP contribution in [0.25, 0.3) is 0 Å². The number of carbonyl (C=O) groups excluding carboxylic acids is 1. The molecule has 0 spiro atoms. The molecule has 8 heteroatoms. The predicted octanol–water partition coefficient (Wildman–Crippen LogP) is 4.06. The minimum atomic E-state index is -4.17. The van der Waals surface area contributed by atoms with E-state index in [1.807, 2.05) is 6.92 Å². The van der Waals surface area contributed by atoms with Crippen molar-refractivity contribution in [3.63, 3.8) is 0 Å². The maximum absolute atomic E-state index is 14.4. The number of sulfonamides is 1. The molecule has 0 aromatic heterocycles. The van der Waals surface area contributed by atoms with Crippen molar-refractivity contribution in [2.75, 3.05) is 22.8 Å². The molecule has 1 amide bonds. The third kappa shape index (κ3) is 4.96. The van der Waals surface area contributed by atoms with E-state index in [0.717, 1.165) is 10.4 Å². The fraction of sp³-hybridized carbons (Fsp3) is 0.136. The average molecular weight is 428 g/mol. The van der Waals surface area contributed by atoms with Crippen molar-refractivity contribution in [1.29, 1.82) is 0 Å². The van der Waals surface area contributed by atoms with Gasteiger partial charge in [0.1, 0.15) is 18.1 Å². The van der Waals surface area contributed by atoms with E-state index in [1.54, 1.807) is 42.5 Å². The van der Waals surface area contributed by atoms with Gasteiger partial charge in [0.05, 0.1) is 17.2 Å². The highest BCUT2D eigenvalue weighted by molar-refractivity contribution is 7.92. The Kier molecular flexibility index (Phi) is 6.68. The lowest BCUT2D eigenvalue weighted by molar-refractivity contribution is -0.114. The van der Waals surface area contributed by atoms with Gasteiger partial charge in [0, 0.05) is 5.69 Å². The van der Waals surface area contributed by atoms with Crippen molar-refractivity contribution in [1.82, 2.24) is 0 Å². The number of nitrogens with one attached hydrogen (secondary N) is 1. The van der Waals surface area contributed by atoms with Gasteiger partial charge < -0.3 is 10.1 Å². The first-order valence-electron chi connectivity index (χ1n) is 9.27. The molecule has 3 aromatic carbocycles. The van der Waals surface area contributed by atoms with Crippen LogP contribution < -0.4 is 14.4 Å². The van der Waals surface area contributed by atoms with E-state index in [4.69, 9.17) is 4.74 Å². The fourth-order valence-corrected chi connectivity index (χ4v) is 4.26. The highest BCUT2D eigenvalue weighted by Gasteiger charge is 2.29. The van der Waals surface area contributed by atoms with Gasteiger partial charge in [0.2, 0.25) is 5.91 Å². The molecule has 6 nitrogen and oxygen atoms in total. The smallest absolute Gasteiger partial charge is 0.264 e. The Hall–Kier alpha value is -3.39. The second kappa shape index (κ2) is 9.41. The van der Waals surface area contributed by atoms with Crippen molar-refractivity contribution < 1.29 is 22.3 Å². The van der Waals surface area contributed by atoms with E-state index >= 15 is 0 Å². The number of halogens is 1. The zero-order valence-corrected chi connectivity index (χ0v) is 17.1. The van der Waals surface area contributed by atoms with E-state index in [0.29, 0.717) is 18.0 Å². The number of hydrogen-bond acceptors (Lipinski definition) is 4. The Balaban J connectivity index is 1.88. The Morgan fingerprint density at radius 1 is 0.967 bits per heavy atom. The van der Waals surface area contributed by atoms with Crippen LogP contribution in [0.5, 0.6) is 5.75 Å². The summed E-state index contributed by atoms with van der Waals surface area (Å²) in [4.78, 5) is 12.6. The molecular weight excluding hydrogens is 407 g/mol. The fourth-order valence-electron chi connectivity index (χ4n) is 2.81.